The molecule has 0 unspecified atom stereocenters. The van der Waals surface area contributed by atoms with Gasteiger partial charge < -0.3 is 23.4 Å². The number of hydrogen-bond acceptors (Lipinski definition) is 8. The molecular weight excluding hydrogens is 502 g/mol. The maximum absolute atomic E-state index is 12.0. The van der Waals surface area contributed by atoms with Gasteiger partial charge in [0.15, 0.2) is 17.7 Å². The summed E-state index contributed by atoms with van der Waals surface area (Å²) in [5.41, 5.74) is 0.0952. The van der Waals surface area contributed by atoms with Crippen LogP contribution in [0.15, 0.2) is 66.9 Å². The van der Waals surface area contributed by atoms with Crippen LogP contribution in [0.25, 0.3) is 0 Å². The summed E-state index contributed by atoms with van der Waals surface area (Å²) in [6.07, 6.45) is -0.406. The molecule has 3 aromatic rings. The molecule has 2 fully saturated rings. The summed E-state index contributed by atoms with van der Waals surface area (Å²) >= 11 is 0. The van der Waals surface area contributed by atoms with Crippen molar-refractivity contribution in [3.8, 4) is 0 Å². The molecule has 4 atom stereocenters. The Morgan fingerprint density at radius 2 is 1.58 bits per heavy atom. The number of rotatable bonds is 7. The highest BCUT2D eigenvalue weighted by atomic mass is 28.4. The van der Waals surface area contributed by atoms with Gasteiger partial charge in [-0.1, -0.05) is 86.6 Å². The summed E-state index contributed by atoms with van der Waals surface area (Å²) in [7, 11) is -1.48. The Labute approximate surface area is 224 Å². The van der Waals surface area contributed by atoms with Crippen molar-refractivity contribution in [3.63, 3.8) is 0 Å². The van der Waals surface area contributed by atoms with Gasteiger partial charge in [0.2, 0.25) is 0 Å². The molecule has 1 aromatic heterocycles. The molecular formula is C28H35N3O6Si. The first-order valence-electron chi connectivity index (χ1n) is 12.8. The lowest BCUT2D eigenvalue weighted by molar-refractivity contribution is -0.201. The molecule has 5 rings (SSSR count). The molecule has 9 nitrogen and oxygen atoms in total. The van der Waals surface area contributed by atoms with Crippen molar-refractivity contribution in [1.29, 1.82) is 0 Å². The van der Waals surface area contributed by atoms with Gasteiger partial charge in [-0.3, -0.25) is 0 Å². The van der Waals surface area contributed by atoms with Gasteiger partial charge in [0.25, 0.3) is 8.32 Å². The molecule has 2 aliphatic heterocycles. The maximum atomic E-state index is 12.0. The van der Waals surface area contributed by atoms with Crippen LogP contribution in [0.2, 0.25) is 5.04 Å². The summed E-state index contributed by atoms with van der Waals surface area (Å²) in [5, 5.41) is 10.3. The van der Waals surface area contributed by atoms with Crippen molar-refractivity contribution in [1.82, 2.24) is 15.0 Å². The Hall–Kier alpha value is -2.89. The van der Waals surface area contributed by atoms with E-state index in [0.29, 0.717) is 6.61 Å². The van der Waals surface area contributed by atoms with Gasteiger partial charge in [0.1, 0.15) is 18.3 Å². The lowest BCUT2D eigenvalue weighted by atomic mass is 10.1. The van der Waals surface area contributed by atoms with E-state index >= 15 is 0 Å². The number of nitrogens with zero attached hydrogens (tertiary/aromatic N) is 3. The molecule has 0 spiro atoms. The van der Waals surface area contributed by atoms with Crippen LogP contribution in [0, 0.1) is 0 Å². The summed E-state index contributed by atoms with van der Waals surface area (Å²) in [5.74, 6) is -1.38. The fourth-order valence-corrected chi connectivity index (χ4v) is 10.1. The van der Waals surface area contributed by atoms with Gasteiger partial charge in [0.05, 0.1) is 19.9 Å². The molecule has 0 amide bonds. The Kier molecular flexibility index (Phi) is 7.04. The largest absolute Gasteiger partial charge is 0.464 e. The van der Waals surface area contributed by atoms with Crippen LogP contribution < -0.4 is 10.4 Å². The molecule has 0 N–H and O–H groups in total. The molecule has 38 heavy (non-hydrogen) atoms. The monoisotopic (exact) mass is 537 g/mol. The molecule has 2 saturated heterocycles. The van der Waals surface area contributed by atoms with Crippen molar-refractivity contribution >= 4 is 24.7 Å². The van der Waals surface area contributed by atoms with Gasteiger partial charge in [0, 0.05) is 0 Å². The number of ether oxygens (including phenoxy) is 4. The highest BCUT2D eigenvalue weighted by Crippen LogP contribution is 2.44. The second kappa shape index (κ2) is 10.0. The van der Waals surface area contributed by atoms with E-state index in [9.17, 15) is 4.79 Å². The van der Waals surface area contributed by atoms with Crippen LogP contribution in [-0.4, -0.2) is 67.1 Å². The zero-order chi connectivity index (χ0) is 27.1. The van der Waals surface area contributed by atoms with Gasteiger partial charge in [-0.2, -0.15) is 0 Å². The molecule has 0 saturated carbocycles. The number of methoxy groups -OCH3 is 1. The van der Waals surface area contributed by atoms with Crippen LogP contribution >= 0.6 is 0 Å². The van der Waals surface area contributed by atoms with Crippen LogP contribution in [0.3, 0.4) is 0 Å². The van der Waals surface area contributed by atoms with E-state index in [4.69, 9.17) is 23.4 Å². The number of carbonyl (C=O) groups excluding carboxylic acids is 1. The number of carbonyl (C=O) groups is 1. The molecule has 202 valence electrons. The quantitative estimate of drug-likeness (QED) is 0.335. The zero-order valence-corrected chi connectivity index (χ0v) is 23.7. The van der Waals surface area contributed by atoms with Gasteiger partial charge in [-0.05, 0) is 29.3 Å². The zero-order valence-electron chi connectivity index (χ0n) is 22.7. The molecule has 2 aromatic carbocycles. The van der Waals surface area contributed by atoms with Crippen LogP contribution in [-0.2, 0) is 23.4 Å². The van der Waals surface area contributed by atoms with E-state index in [1.165, 1.54) is 28.4 Å². The van der Waals surface area contributed by atoms with E-state index < -0.39 is 38.5 Å². The first kappa shape index (κ1) is 26.7. The third-order valence-corrected chi connectivity index (χ3v) is 12.2. The standard InChI is InChI=1S/C28H35N3O6Si/c1-27(2,3)38(19-13-9-7-10-14-19,20-15-11-8-12-16-20)34-18-22-23-24(37-28(4,5)36-23)25(35-22)31-17-21(29-30-31)26(32)33-6/h7-17,22-25H,18H2,1-6H3/t22-,23-,24-,25+/m1/s1. The molecule has 0 aliphatic carbocycles. The number of esters is 1. The average molecular weight is 538 g/mol. The smallest absolute Gasteiger partial charge is 0.360 e. The fourth-order valence-electron chi connectivity index (χ4n) is 5.57. The van der Waals surface area contributed by atoms with Crippen molar-refractivity contribution < 1.29 is 28.2 Å². The Morgan fingerprint density at radius 1 is 1.00 bits per heavy atom. The van der Waals surface area contributed by atoms with E-state index in [0.717, 1.165) is 0 Å². The molecule has 3 heterocycles. The fraction of sp³-hybridized carbons (Fsp3) is 0.464. The van der Waals surface area contributed by atoms with E-state index in [2.05, 4.69) is 79.6 Å². The van der Waals surface area contributed by atoms with E-state index in [-0.39, 0.29) is 16.8 Å². The lowest BCUT2D eigenvalue weighted by Gasteiger charge is -2.43. The van der Waals surface area contributed by atoms with Crippen molar-refractivity contribution in [2.45, 2.75) is 70.0 Å². The molecule has 10 heteroatoms. The van der Waals surface area contributed by atoms with Gasteiger partial charge in [-0.25, -0.2) is 9.48 Å². The summed E-state index contributed by atoms with van der Waals surface area (Å²) in [6, 6.07) is 20.9. The Balaban J connectivity index is 1.48. The predicted molar refractivity (Wildman–Crippen MR) is 143 cm³/mol. The first-order chi connectivity index (χ1) is 18.1. The topological polar surface area (TPSA) is 93.9 Å². The van der Waals surface area contributed by atoms with E-state index in [1.807, 2.05) is 26.0 Å². The second-order valence-electron chi connectivity index (χ2n) is 11.2. The normalized spacial score (nSPS) is 24.8. The second-order valence-corrected chi connectivity index (χ2v) is 15.5. The van der Waals surface area contributed by atoms with Crippen molar-refractivity contribution in [2.24, 2.45) is 0 Å². The SMILES string of the molecule is COC(=O)c1cn([C@H]2O[C@H](CO[Si](c3ccccc3)(c3ccccc3)C(C)(C)C)[C@H]3OC(C)(C)O[C@H]32)nn1. The van der Waals surface area contributed by atoms with Gasteiger partial charge >= 0.3 is 5.97 Å². The third kappa shape index (κ3) is 4.71. The summed E-state index contributed by atoms with van der Waals surface area (Å²) < 4.78 is 32.4. The Morgan fingerprint density at radius 3 is 2.13 bits per heavy atom. The minimum absolute atomic E-state index is 0.0952. The minimum atomic E-state index is -2.79. The average Bonchev–Trinajstić information content (AvgIpc) is 3.58. The maximum Gasteiger partial charge on any atom is 0.360 e. The van der Waals surface area contributed by atoms with Crippen molar-refractivity contribution in [2.75, 3.05) is 13.7 Å². The van der Waals surface area contributed by atoms with Crippen molar-refractivity contribution in [3.05, 3.63) is 72.6 Å². The first-order valence-corrected chi connectivity index (χ1v) is 14.7. The highest BCUT2D eigenvalue weighted by molar-refractivity contribution is 6.99. The predicted octanol–water partition coefficient (Wildman–Crippen LogP) is 3.06. The Bertz CT molecular complexity index is 1220. The summed E-state index contributed by atoms with van der Waals surface area (Å²) in [4.78, 5) is 12.0. The molecule has 2 aliphatic rings. The number of aromatic nitrogens is 3. The third-order valence-electron chi connectivity index (χ3n) is 7.17. The molecule has 0 bridgehead atoms. The number of benzene rings is 2. The minimum Gasteiger partial charge on any atom is -0.464 e. The highest BCUT2D eigenvalue weighted by Gasteiger charge is 2.58. The van der Waals surface area contributed by atoms with E-state index in [1.54, 1.807) is 0 Å². The molecule has 0 radical (unpaired) electrons. The van der Waals surface area contributed by atoms with Crippen LogP contribution in [0.1, 0.15) is 51.3 Å². The van der Waals surface area contributed by atoms with Gasteiger partial charge in [-0.15, -0.1) is 5.10 Å². The number of hydrogen-bond donors (Lipinski definition) is 0. The lowest BCUT2D eigenvalue weighted by Crippen LogP contribution is -2.67. The van der Waals surface area contributed by atoms with Crippen LogP contribution in [0.4, 0.5) is 0 Å². The number of fused-ring (bicyclic) bond motifs is 1. The summed E-state index contributed by atoms with van der Waals surface area (Å²) in [6.45, 7) is 10.8. The van der Waals surface area contributed by atoms with Crippen LogP contribution in [0.5, 0.6) is 0 Å².